The molecular formula is C13H15F3N2O2. The lowest BCUT2D eigenvalue weighted by molar-refractivity contribution is -0.142. The summed E-state index contributed by atoms with van der Waals surface area (Å²) in [5.74, 6) is -1.46. The second-order valence-electron chi connectivity index (χ2n) is 4.89. The highest BCUT2D eigenvalue weighted by Gasteiger charge is 2.34. The van der Waals surface area contributed by atoms with Gasteiger partial charge in [0.1, 0.15) is 0 Å². The van der Waals surface area contributed by atoms with Crippen molar-refractivity contribution in [1.29, 1.82) is 0 Å². The first-order valence-corrected chi connectivity index (χ1v) is 6.23. The van der Waals surface area contributed by atoms with Crippen LogP contribution in [0.1, 0.15) is 18.4 Å². The van der Waals surface area contributed by atoms with Crippen molar-refractivity contribution < 1.29 is 23.1 Å². The number of carboxylic acids is 1. The van der Waals surface area contributed by atoms with Crippen molar-refractivity contribution in [3.63, 3.8) is 0 Å². The molecule has 1 aromatic rings. The topological polar surface area (TPSA) is 66.6 Å². The van der Waals surface area contributed by atoms with E-state index in [0.29, 0.717) is 25.1 Å². The minimum atomic E-state index is -4.51. The quantitative estimate of drug-likeness (QED) is 0.821. The van der Waals surface area contributed by atoms with E-state index in [-0.39, 0.29) is 12.2 Å². The standard InChI is InChI=1S/C13H15F3N2O2/c14-13(15,16)10-6-9(3-4-11(10)17)18-5-1-2-8(7-18)12(19)20/h3-4,6,8H,1-2,5,7,17H2,(H,19,20). The van der Waals surface area contributed by atoms with E-state index in [1.165, 1.54) is 12.1 Å². The number of carbonyl (C=O) groups is 1. The van der Waals surface area contributed by atoms with Gasteiger partial charge in [0.05, 0.1) is 11.5 Å². The maximum absolute atomic E-state index is 12.8. The van der Waals surface area contributed by atoms with Gasteiger partial charge in [0.25, 0.3) is 0 Å². The molecule has 1 aromatic carbocycles. The van der Waals surface area contributed by atoms with Gasteiger partial charge in [0, 0.05) is 24.5 Å². The molecule has 0 aromatic heterocycles. The molecule has 0 aliphatic carbocycles. The number of aliphatic carboxylic acids is 1. The Labute approximate surface area is 114 Å². The van der Waals surface area contributed by atoms with Gasteiger partial charge >= 0.3 is 12.1 Å². The average Bonchev–Trinajstić information content (AvgIpc) is 2.38. The second kappa shape index (κ2) is 5.22. The summed E-state index contributed by atoms with van der Waals surface area (Å²) >= 11 is 0. The van der Waals surface area contributed by atoms with Crippen molar-refractivity contribution >= 4 is 17.3 Å². The number of nitrogens with zero attached hydrogens (tertiary/aromatic N) is 1. The summed E-state index contributed by atoms with van der Waals surface area (Å²) in [4.78, 5) is 12.6. The van der Waals surface area contributed by atoms with Gasteiger partial charge in [-0.3, -0.25) is 4.79 Å². The molecule has 20 heavy (non-hydrogen) atoms. The normalized spacial score (nSPS) is 19.9. The summed E-state index contributed by atoms with van der Waals surface area (Å²) in [6.45, 7) is 0.765. The van der Waals surface area contributed by atoms with Crippen LogP contribution in [0, 0.1) is 5.92 Å². The smallest absolute Gasteiger partial charge is 0.418 e. The molecule has 0 saturated carbocycles. The minimum absolute atomic E-state index is 0.219. The fourth-order valence-corrected chi connectivity index (χ4v) is 2.40. The van der Waals surface area contributed by atoms with E-state index in [1.54, 1.807) is 4.90 Å². The summed E-state index contributed by atoms with van der Waals surface area (Å²) in [6.07, 6.45) is -3.32. The van der Waals surface area contributed by atoms with Crippen LogP contribution in [0.3, 0.4) is 0 Å². The van der Waals surface area contributed by atoms with E-state index < -0.39 is 23.6 Å². The van der Waals surface area contributed by atoms with E-state index in [4.69, 9.17) is 10.8 Å². The number of nitrogen functional groups attached to an aromatic ring is 1. The second-order valence-corrected chi connectivity index (χ2v) is 4.89. The highest BCUT2D eigenvalue weighted by Crippen LogP contribution is 2.36. The van der Waals surface area contributed by atoms with Crippen LogP contribution >= 0.6 is 0 Å². The van der Waals surface area contributed by atoms with Gasteiger partial charge in [-0.1, -0.05) is 0 Å². The summed E-state index contributed by atoms with van der Waals surface area (Å²) in [5, 5.41) is 9.00. The number of hydrogen-bond acceptors (Lipinski definition) is 3. The third-order valence-corrected chi connectivity index (χ3v) is 3.48. The van der Waals surface area contributed by atoms with Crippen molar-refractivity contribution in [2.24, 2.45) is 5.92 Å². The van der Waals surface area contributed by atoms with Crippen LogP contribution in [0.4, 0.5) is 24.5 Å². The van der Waals surface area contributed by atoms with Crippen LogP contribution in [-0.2, 0) is 11.0 Å². The van der Waals surface area contributed by atoms with Gasteiger partial charge in [0.15, 0.2) is 0 Å². The predicted molar refractivity (Wildman–Crippen MR) is 68.4 cm³/mol. The molecule has 0 spiro atoms. The Hall–Kier alpha value is -1.92. The molecule has 2 rings (SSSR count). The fourth-order valence-electron chi connectivity index (χ4n) is 2.40. The van der Waals surface area contributed by atoms with E-state index in [1.807, 2.05) is 0 Å². The lowest BCUT2D eigenvalue weighted by atomic mass is 9.97. The lowest BCUT2D eigenvalue weighted by Gasteiger charge is -2.33. The minimum Gasteiger partial charge on any atom is -0.481 e. The zero-order valence-corrected chi connectivity index (χ0v) is 10.7. The highest BCUT2D eigenvalue weighted by molar-refractivity contribution is 5.71. The zero-order valence-electron chi connectivity index (χ0n) is 10.7. The Kier molecular flexibility index (Phi) is 3.78. The van der Waals surface area contributed by atoms with Crippen molar-refractivity contribution in [2.45, 2.75) is 19.0 Å². The number of rotatable bonds is 2. The summed E-state index contributed by atoms with van der Waals surface area (Å²) in [5.41, 5.74) is 4.50. The molecule has 110 valence electrons. The SMILES string of the molecule is Nc1ccc(N2CCCC(C(=O)O)C2)cc1C(F)(F)F. The van der Waals surface area contributed by atoms with Crippen LogP contribution < -0.4 is 10.6 Å². The van der Waals surface area contributed by atoms with Crippen molar-refractivity contribution in [1.82, 2.24) is 0 Å². The van der Waals surface area contributed by atoms with Crippen LogP contribution in [0.5, 0.6) is 0 Å². The van der Waals surface area contributed by atoms with E-state index in [9.17, 15) is 18.0 Å². The molecule has 0 radical (unpaired) electrons. The summed E-state index contributed by atoms with van der Waals surface area (Å²) in [7, 11) is 0. The van der Waals surface area contributed by atoms with E-state index >= 15 is 0 Å². The maximum atomic E-state index is 12.8. The van der Waals surface area contributed by atoms with Gasteiger partial charge in [-0.25, -0.2) is 0 Å². The third kappa shape index (κ3) is 2.97. The lowest BCUT2D eigenvalue weighted by Crippen LogP contribution is -2.38. The fraction of sp³-hybridized carbons (Fsp3) is 0.462. The van der Waals surface area contributed by atoms with Crippen LogP contribution in [0.15, 0.2) is 18.2 Å². The molecule has 4 nitrogen and oxygen atoms in total. The monoisotopic (exact) mass is 288 g/mol. The average molecular weight is 288 g/mol. The molecule has 3 N–H and O–H groups in total. The number of anilines is 2. The maximum Gasteiger partial charge on any atom is 0.418 e. The predicted octanol–water partition coefficient (Wildman–Crippen LogP) is 2.59. The Balaban J connectivity index is 2.27. The first kappa shape index (κ1) is 14.5. The Morgan fingerprint density at radius 2 is 2.10 bits per heavy atom. The van der Waals surface area contributed by atoms with Crippen LogP contribution in [0.25, 0.3) is 0 Å². The van der Waals surface area contributed by atoms with Crippen LogP contribution in [-0.4, -0.2) is 24.2 Å². The number of halogens is 3. The summed E-state index contributed by atoms with van der Waals surface area (Å²) < 4.78 is 38.4. The third-order valence-electron chi connectivity index (χ3n) is 3.48. The van der Waals surface area contributed by atoms with Gasteiger partial charge in [0.2, 0.25) is 0 Å². The van der Waals surface area contributed by atoms with Gasteiger partial charge in [-0.15, -0.1) is 0 Å². The van der Waals surface area contributed by atoms with Gasteiger partial charge in [-0.05, 0) is 31.0 Å². The molecular weight excluding hydrogens is 273 g/mol. The number of nitrogens with two attached hydrogens (primary N) is 1. The highest BCUT2D eigenvalue weighted by atomic mass is 19.4. The number of benzene rings is 1. The number of alkyl halides is 3. The largest absolute Gasteiger partial charge is 0.481 e. The van der Waals surface area contributed by atoms with E-state index in [0.717, 1.165) is 6.07 Å². The molecule has 1 unspecified atom stereocenters. The Morgan fingerprint density at radius 1 is 1.40 bits per heavy atom. The molecule has 1 aliphatic rings. The molecule has 1 fully saturated rings. The first-order chi connectivity index (χ1) is 9.29. The molecule has 1 aliphatic heterocycles. The molecule has 0 amide bonds. The summed E-state index contributed by atoms with van der Waals surface area (Å²) in [6, 6.07) is 3.69. The van der Waals surface area contributed by atoms with Crippen molar-refractivity contribution in [3.05, 3.63) is 23.8 Å². The molecule has 1 heterocycles. The molecule has 1 saturated heterocycles. The number of piperidine rings is 1. The first-order valence-electron chi connectivity index (χ1n) is 6.23. The number of carboxylic acid groups (broad SMARTS) is 1. The Morgan fingerprint density at radius 3 is 2.70 bits per heavy atom. The molecule has 7 heteroatoms. The molecule has 0 bridgehead atoms. The van der Waals surface area contributed by atoms with Gasteiger partial charge < -0.3 is 15.7 Å². The van der Waals surface area contributed by atoms with Gasteiger partial charge in [-0.2, -0.15) is 13.2 Å². The van der Waals surface area contributed by atoms with Crippen molar-refractivity contribution in [3.8, 4) is 0 Å². The van der Waals surface area contributed by atoms with Crippen LogP contribution in [0.2, 0.25) is 0 Å². The van der Waals surface area contributed by atoms with E-state index in [2.05, 4.69) is 0 Å². The Bertz CT molecular complexity index is 517. The molecule has 1 atom stereocenters. The number of hydrogen-bond donors (Lipinski definition) is 2. The zero-order chi connectivity index (χ0) is 14.9. The van der Waals surface area contributed by atoms with Crippen molar-refractivity contribution in [2.75, 3.05) is 23.7 Å².